The molecule has 0 aliphatic rings. The summed E-state index contributed by atoms with van der Waals surface area (Å²) in [7, 11) is -3.64. The first-order valence-corrected chi connectivity index (χ1v) is 8.12. The number of aromatic nitrogens is 1. The van der Waals surface area contributed by atoms with Gasteiger partial charge in [0.15, 0.2) is 5.13 Å². The molecule has 0 aliphatic heterocycles. The molecule has 0 atom stereocenters. The van der Waals surface area contributed by atoms with Gasteiger partial charge in [-0.3, -0.25) is 0 Å². The predicted octanol–water partition coefficient (Wildman–Crippen LogP) is 1.65. The van der Waals surface area contributed by atoms with Gasteiger partial charge in [-0.05, 0) is 24.6 Å². The SMILES string of the molecule is CCCNS(=O)(=O)Nc1nc2ccc(C(=O)O)cc2s1. The summed E-state index contributed by atoms with van der Waals surface area (Å²) in [5.41, 5.74) is 0.688. The monoisotopic (exact) mass is 315 g/mol. The van der Waals surface area contributed by atoms with Gasteiger partial charge in [-0.15, -0.1) is 0 Å². The van der Waals surface area contributed by atoms with Gasteiger partial charge in [0.05, 0.1) is 15.8 Å². The largest absolute Gasteiger partial charge is 0.478 e. The van der Waals surface area contributed by atoms with Crippen LogP contribution in [0.5, 0.6) is 0 Å². The van der Waals surface area contributed by atoms with E-state index in [9.17, 15) is 13.2 Å². The Bertz CT molecular complexity index is 739. The summed E-state index contributed by atoms with van der Waals surface area (Å²) >= 11 is 1.08. The molecule has 0 amide bonds. The Morgan fingerprint density at radius 3 is 2.85 bits per heavy atom. The van der Waals surface area contributed by atoms with Crippen molar-refractivity contribution in [3.63, 3.8) is 0 Å². The lowest BCUT2D eigenvalue weighted by Crippen LogP contribution is -2.30. The molecule has 0 fully saturated rings. The second kappa shape index (κ2) is 5.73. The maximum Gasteiger partial charge on any atom is 0.335 e. The van der Waals surface area contributed by atoms with Gasteiger partial charge in [-0.1, -0.05) is 18.3 Å². The van der Waals surface area contributed by atoms with Crippen LogP contribution in [0, 0.1) is 0 Å². The Balaban J connectivity index is 2.26. The molecule has 0 spiro atoms. The first-order valence-electron chi connectivity index (χ1n) is 5.82. The number of carboxylic acids is 1. The zero-order valence-electron chi connectivity index (χ0n) is 10.6. The van der Waals surface area contributed by atoms with Crippen molar-refractivity contribution in [2.24, 2.45) is 0 Å². The highest BCUT2D eigenvalue weighted by molar-refractivity contribution is 7.91. The van der Waals surface area contributed by atoms with Crippen molar-refractivity contribution in [1.82, 2.24) is 9.71 Å². The molecular weight excluding hydrogens is 302 g/mol. The van der Waals surface area contributed by atoms with Crippen molar-refractivity contribution in [3.8, 4) is 0 Å². The Hall–Kier alpha value is -1.71. The molecule has 7 nitrogen and oxygen atoms in total. The summed E-state index contributed by atoms with van der Waals surface area (Å²) in [6, 6.07) is 4.44. The molecule has 108 valence electrons. The fourth-order valence-corrected chi connectivity index (χ4v) is 3.56. The van der Waals surface area contributed by atoms with Crippen LogP contribution in [0.25, 0.3) is 10.2 Å². The molecule has 3 N–H and O–H groups in total. The Kier molecular flexibility index (Phi) is 4.21. The van der Waals surface area contributed by atoms with Gasteiger partial charge >= 0.3 is 16.2 Å². The summed E-state index contributed by atoms with van der Waals surface area (Å²) in [6.45, 7) is 2.19. The number of thiazole rings is 1. The lowest BCUT2D eigenvalue weighted by molar-refractivity contribution is 0.0697. The van der Waals surface area contributed by atoms with Crippen LogP contribution in [0.2, 0.25) is 0 Å². The van der Waals surface area contributed by atoms with E-state index >= 15 is 0 Å². The van der Waals surface area contributed by atoms with Crippen molar-refractivity contribution in [2.45, 2.75) is 13.3 Å². The number of aromatic carboxylic acids is 1. The van der Waals surface area contributed by atoms with Crippen LogP contribution in [0.1, 0.15) is 23.7 Å². The number of carbonyl (C=O) groups is 1. The minimum atomic E-state index is -3.64. The standard InChI is InChI=1S/C11H13N3O4S2/c1-2-5-12-20(17,18)14-11-13-8-4-3-7(10(15)16)6-9(8)19-11/h3-4,6,12H,2,5H2,1H3,(H,13,14)(H,15,16). The van der Waals surface area contributed by atoms with Crippen molar-refractivity contribution in [2.75, 3.05) is 11.3 Å². The summed E-state index contributed by atoms with van der Waals surface area (Å²) < 4.78 is 28.6. The highest BCUT2D eigenvalue weighted by Gasteiger charge is 2.13. The number of hydrogen-bond donors (Lipinski definition) is 3. The van der Waals surface area contributed by atoms with Crippen LogP contribution in [0.4, 0.5) is 5.13 Å². The summed E-state index contributed by atoms with van der Waals surface area (Å²) in [6.07, 6.45) is 0.683. The molecule has 9 heteroatoms. The molecule has 0 radical (unpaired) electrons. The first-order chi connectivity index (χ1) is 9.41. The van der Waals surface area contributed by atoms with E-state index < -0.39 is 16.2 Å². The average molecular weight is 315 g/mol. The normalized spacial score (nSPS) is 11.7. The number of anilines is 1. The number of nitrogens with zero attached hydrogens (tertiary/aromatic N) is 1. The summed E-state index contributed by atoms with van der Waals surface area (Å²) in [5, 5.41) is 9.10. The van der Waals surface area contributed by atoms with E-state index in [2.05, 4.69) is 14.4 Å². The van der Waals surface area contributed by atoms with Crippen LogP contribution in [0.3, 0.4) is 0 Å². The van der Waals surface area contributed by atoms with Crippen molar-refractivity contribution in [1.29, 1.82) is 0 Å². The van der Waals surface area contributed by atoms with Crippen LogP contribution >= 0.6 is 11.3 Å². The number of rotatable bonds is 6. The Labute approximate surface area is 119 Å². The van der Waals surface area contributed by atoms with Crippen LogP contribution < -0.4 is 9.44 Å². The second-order valence-electron chi connectivity index (χ2n) is 4.01. The maximum absolute atomic E-state index is 11.7. The minimum Gasteiger partial charge on any atom is -0.478 e. The smallest absolute Gasteiger partial charge is 0.335 e. The molecule has 1 heterocycles. The van der Waals surface area contributed by atoms with Crippen molar-refractivity contribution >= 4 is 42.9 Å². The van der Waals surface area contributed by atoms with Crippen molar-refractivity contribution in [3.05, 3.63) is 23.8 Å². The van der Waals surface area contributed by atoms with Gasteiger partial charge in [0.2, 0.25) is 0 Å². The second-order valence-corrected chi connectivity index (χ2v) is 6.54. The number of fused-ring (bicyclic) bond motifs is 1. The zero-order valence-corrected chi connectivity index (χ0v) is 12.2. The molecule has 2 rings (SSSR count). The van der Waals surface area contributed by atoms with Gasteiger partial charge in [0.25, 0.3) is 0 Å². The van der Waals surface area contributed by atoms with E-state index in [1.54, 1.807) is 6.07 Å². The molecular formula is C11H13N3O4S2. The zero-order chi connectivity index (χ0) is 14.8. The Morgan fingerprint density at radius 1 is 1.45 bits per heavy atom. The fraction of sp³-hybridized carbons (Fsp3) is 0.273. The number of nitrogens with one attached hydrogen (secondary N) is 2. The Morgan fingerprint density at radius 2 is 2.20 bits per heavy atom. The van der Waals surface area contributed by atoms with Crippen LogP contribution in [-0.2, 0) is 10.2 Å². The third-order valence-corrected chi connectivity index (χ3v) is 4.51. The van der Waals surface area contributed by atoms with E-state index in [1.807, 2.05) is 6.92 Å². The average Bonchev–Trinajstić information content (AvgIpc) is 2.76. The van der Waals surface area contributed by atoms with E-state index in [1.165, 1.54) is 12.1 Å². The van der Waals surface area contributed by atoms with Gasteiger partial charge < -0.3 is 5.11 Å². The maximum atomic E-state index is 11.7. The van der Waals surface area contributed by atoms with E-state index in [4.69, 9.17) is 5.11 Å². The highest BCUT2D eigenvalue weighted by atomic mass is 32.2. The number of hydrogen-bond acceptors (Lipinski definition) is 5. The van der Waals surface area contributed by atoms with Gasteiger partial charge in [0.1, 0.15) is 0 Å². The van der Waals surface area contributed by atoms with E-state index in [0.29, 0.717) is 23.2 Å². The minimum absolute atomic E-state index is 0.139. The molecule has 0 bridgehead atoms. The first kappa shape index (κ1) is 14.7. The number of carboxylic acid groups (broad SMARTS) is 1. The lowest BCUT2D eigenvalue weighted by Gasteiger charge is -2.04. The van der Waals surface area contributed by atoms with Gasteiger partial charge in [0, 0.05) is 6.54 Å². The van der Waals surface area contributed by atoms with Crippen LogP contribution in [-0.4, -0.2) is 31.0 Å². The van der Waals surface area contributed by atoms with Crippen molar-refractivity contribution < 1.29 is 18.3 Å². The fourth-order valence-electron chi connectivity index (χ4n) is 1.49. The molecule has 2 aromatic rings. The molecule has 1 aromatic heterocycles. The van der Waals surface area contributed by atoms with Gasteiger partial charge in [-0.25, -0.2) is 14.5 Å². The molecule has 0 saturated carbocycles. The molecule has 20 heavy (non-hydrogen) atoms. The molecule has 1 aromatic carbocycles. The highest BCUT2D eigenvalue weighted by Crippen LogP contribution is 2.27. The third kappa shape index (κ3) is 3.44. The van der Waals surface area contributed by atoms with Crippen LogP contribution in [0.15, 0.2) is 18.2 Å². The summed E-state index contributed by atoms with van der Waals surface area (Å²) in [4.78, 5) is 15.0. The topological polar surface area (TPSA) is 108 Å². The van der Waals surface area contributed by atoms with E-state index in [0.717, 1.165) is 11.3 Å². The molecule has 0 saturated heterocycles. The van der Waals surface area contributed by atoms with Gasteiger partial charge in [-0.2, -0.15) is 13.1 Å². The number of benzene rings is 1. The quantitative estimate of drug-likeness (QED) is 0.751. The molecule has 0 aliphatic carbocycles. The molecule has 0 unspecified atom stereocenters. The predicted molar refractivity (Wildman–Crippen MR) is 77.4 cm³/mol. The summed E-state index contributed by atoms with van der Waals surface area (Å²) in [5.74, 6) is -1.04. The lowest BCUT2D eigenvalue weighted by atomic mass is 10.2. The van der Waals surface area contributed by atoms with E-state index in [-0.39, 0.29) is 10.7 Å². The third-order valence-electron chi connectivity index (χ3n) is 2.40.